The Morgan fingerprint density at radius 3 is 2.31 bits per heavy atom. The van der Waals surface area contributed by atoms with Crippen LogP contribution in [-0.4, -0.2) is 55.1 Å². The first-order valence-corrected chi connectivity index (χ1v) is 6.94. The Kier molecular flexibility index (Phi) is 4.62. The van der Waals surface area contributed by atoms with Crippen LogP contribution in [0.4, 0.5) is 0 Å². The highest BCUT2D eigenvalue weighted by Gasteiger charge is 2.26. The van der Waals surface area contributed by atoms with E-state index in [1.807, 2.05) is 0 Å². The molecule has 0 aromatic rings. The van der Waals surface area contributed by atoms with Crippen LogP contribution in [-0.2, 0) is 0 Å². The molecule has 0 aromatic carbocycles. The van der Waals surface area contributed by atoms with Crippen molar-refractivity contribution in [2.24, 2.45) is 11.7 Å². The predicted octanol–water partition coefficient (Wildman–Crippen LogP) is 1.14. The maximum absolute atomic E-state index is 5.77. The van der Waals surface area contributed by atoms with Crippen LogP contribution in [0.3, 0.4) is 0 Å². The van der Waals surface area contributed by atoms with Crippen molar-refractivity contribution < 1.29 is 0 Å². The largest absolute Gasteiger partial charge is 0.328 e. The van der Waals surface area contributed by atoms with E-state index in [9.17, 15) is 0 Å². The first-order chi connectivity index (χ1) is 7.74. The fraction of sp³-hybridized carbons (Fsp3) is 1.00. The number of piperazine rings is 1. The molecule has 0 radical (unpaired) electrons. The van der Waals surface area contributed by atoms with Crippen LogP contribution in [0.1, 0.15) is 32.6 Å². The number of nitrogens with zero attached hydrogens (tertiary/aromatic N) is 2. The Balaban J connectivity index is 1.53. The summed E-state index contributed by atoms with van der Waals surface area (Å²) in [6.07, 6.45) is 5.39. The van der Waals surface area contributed by atoms with Gasteiger partial charge in [0, 0.05) is 38.8 Å². The lowest BCUT2D eigenvalue weighted by Crippen LogP contribution is -2.47. The zero-order valence-electron chi connectivity index (χ0n) is 10.7. The number of hydrogen-bond acceptors (Lipinski definition) is 3. The lowest BCUT2D eigenvalue weighted by Gasteiger charge is -2.34. The van der Waals surface area contributed by atoms with E-state index in [4.69, 9.17) is 5.73 Å². The molecule has 1 aliphatic carbocycles. The first-order valence-electron chi connectivity index (χ1n) is 6.94. The maximum atomic E-state index is 5.77. The molecule has 0 aromatic heterocycles. The quantitative estimate of drug-likeness (QED) is 0.736. The van der Waals surface area contributed by atoms with E-state index in [0.29, 0.717) is 6.04 Å². The molecule has 1 saturated carbocycles. The van der Waals surface area contributed by atoms with Crippen LogP contribution in [0.5, 0.6) is 0 Å². The average Bonchev–Trinajstić information content (AvgIpc) is 3.04. The summed E-state index contributed by atoms with van der Waals surface area (Å²) in [7, 11) is 0. The molecule has 1 saturated heterocycles. The summed E-state index contributed by atoms with van der Waals surface area (Å²) < 4.78 is 0. The Bertz CT molecular complexity index is 193. The Morgan fingerprint density at radius 2 is 1.75 bits per heavy atom. The summed E-state index contributed by atoms with van der Waals surface area (Å²) >= 11 is 0. The van der Waals surface area contributed by atoms with Crippen LogP contribution in [0.2, 0.25) is 0 Å². The molecule has 3 nitrogen and oxygen atoms in total. The highest BCUT2D eigenvalue weighted by molar-refractivity contribution is 4.80. The van der Waals surface area contributed by atoms with Crippen LogP contribution in [0.25, 0.3) is 0 Å². The average molecular weight is 225 g/mol. The first kappa shape index (κ1) is 12.3. The molecular formula is C13H27N3. The molecule has 0 spiro atoms. The van der Waals surface area contributed by atoms with Gasteiger partial charge in [-0.3, -0.25) is 0 Å². The van der Waals surface area contributed by atoms with Gasteiger partial charge in [-0.05, 0) is 45.1 Å². The van der Waals surface area contributed by atoms with Crippen molar-refractivity contribution in [3.8, 4) is 0 Å². The second-order valence-electron chi connectivity index (χ2n) is 5.71. The van der Waals surface area contributed by atoms with Gasteiger partial charge in [-0.2, -0.15) is 0 Å². The van der Waals surface area contributed by atoms with E-state index in [0.717, 1.165) is 5.92 Å². The standard InChI is InChI=1S/C13H27N3/c1-12(14)3-2-6-15-7-9-16(10-8-15)11-13-4-5-13/h12-13H,2-11,14H2,1H3. The molecule has 2 N–H and O–H groups in total. The number of hydrogen-bond donors (Lipinski definition) is 1. The van der Waals surface area contributed by atoms with Crippen LogP contribution in [0.15, 0.2) is 0 Å². The second kappa shape index (κ2) is 5.99. The molecule has 2 aliphatic rings. The van der Waals surface area contributed by atoms with Gasteiger partial charge in [0.1, 0.15) is 0 Å². The predicted molar refractivity (Wildman–Crippen MR) is 68.5 cm³/mol. The topological polar surface area (TPSA) is 32.5 Å². The Morgan fingerprint density at radius 1 is 1.12 bits per heavy atom. The lowest BCUT2D eigenvalue weighted by atomic mass is 10.2. The highest BCUT2D eigenvalue weighted by Crippen LogP contribution is 2.29. The molecule has 1 atom stereocenters. The van der Waals surface area contributed by atoms with Crippen LogP contribution < -0.4 is 5.73 Å². The van der Waals surface area contributed by atoms with Crippen molar-refractivity contribution >= 4 is 0 Å². The zero-order valence-corrected chi connectivity index (χ0v) is 10.7. The van der Waals surface area contributed by atoms with E-state index in [1.165, 1.54) is 65.0 Å². The highest BCUT2D eigenvalue weighted by atomic mass is 15.3. The summed E-state index contributed by atoms with van der Waals surface area (Å²) in [6, 6.07) is 0.371. The minimum Gasteiger partial charge on any atom is -0.328 e. The van der Waals surface area contributed by atoms with Gasteiger partial charge in [0.25, 0.3) is 0 Å². The van der Waals surface area contributed by atoms with Crippen molar-refractivity contribution in [2.45, 2.75) is 38.6 Å². The van der Waals surface area contributed by atoms with Gasteiger partial charge in [0.2, 0.25) is 0 Å². The third-order valence-corrected chi connectivity index (χ3v) is 3.81. The zero-order chi connectivity index (χ0) is 11.4. The number of nitrogens with two attached hydrogens (primary N) is 1. The molecule has 0 bridgehead atoms. The van der Waals surface area contributed by atoms with Crippen molar-refractivity contribution in [2.75, 3.05) is 39.3 Å². The molecule has 3 heteroatoms. The molecular weight excluding hydrogens is 198 g/mol. The van der Waals surface area contributed by atoms with E-state index in [1.54, 1.807) is 0 Å². The van der Waals surface area contributed by atoms with Crippen molar-refractivity contribution in [1.82, 2.24) is 9.80 Å². The van der Waals surface area contributed by atoms with Gasteiger partial charge in [-0.1, -0.05) is 0 Å². The van der Waals surface area contributed by atoms with E-state index < -0.39 is 0 Å². The molecule has 1 unspecified atom stereocenters. The van der Waals surface area contributed by atoms with Gasteiger partial charge in [-0.25, -0.2) is 0 Å². The minimum absolute atomic E-state index is 0.371. The van der Waals surface area contributed by atoms with Gasteiger partial charge >= 0.3 is 0 Å². The molecule has 1 aliphatic heterocycles. The fourth-order valence-corrected chi connectivity index (χ4v) is 2.50. The third-order valence-electron chi connectivity index (χ3n) is 3.81. The normalized spacial score (nSPS) is 25.9. The van der Waals surface area contributed by atoms with Gasteiger partial charge < -0.3 is 15.5 Å². The molecule has 16 heavy (non-hydrogen) atoms. The molecule has 2 fully saturated rings. The van der Waals surface area contributed by atoms with Crippen molar-refractivity contribution in [1.29, 1.82) is 0 Å². The summed E-state index contributed by atoms with van der Waals surface area (Å²) in [6.45, 7) is 9.83. The number of rotatable bonds is 6. The van der Waals surface area contributed by atoms with Gasteiger partial charge in [0.05, 0.1) is 0 Å². The van der Waals surface area contributed by atoms with Crippen molar-refractivity contribution in [3.05, 3.63) is 0 Å². The maximum Gasteiger partial charge on any atom is 0.0110 e. The van der Waals surface area contributed by atoms with Crippen LogP contribution in [0, 0.1) is 5.92 Å². The molecule has 2 rings (SSSR count). The monoisotopic (exact) mass is 225 g/mol. The van der Waals surface area contributed by atoms with Gasteiger partial charge in [-0.15, -0.1) is 0 Å². The fourth-order valence-electron chi connectivity index (χ4n) is 2.50. The lowest BCUT2D eigenvalue weighted by molar-refractivity contribution is 0.126. The summed E-state index contributed by atoms with van der Waals surface area (Å²) in [5.74, 6) is 1.05. The second-order valence-corrected chi connectivity index (χ2v) is 5.71. The summed E-state index contributed by atoms with van der Waals surface area (Å²) in [5, 5.41) is 0. The Hall–Kier alpha value is -0.120. The summed E-state index contributed by atoms with van der Waals surface area (Å²) in [4.78, 5) is 5.26. The SMILES string of the molecule is CC(N)CCCN1CCN(CC2CC2)CC1. The summed E-state index contributed by atoms with van der Waals surface area (Å²) in [5.41, 5.74) is 5.77. The van der Waals surface area contributed by atoms with Gasteiger partial charge in [0.15, 0.2) is 0 Å². The molecule has 94 valence electrons. The van der Waals surface area contributed by atoms with Crippen LogP contribution >= 0.6 is 0 Å². The minimum atomic E-state index is 0.371. The van der Waals surface area contributed by atoms with E-state index in [-0.39, 0.29) is 0 Å². The smallest absolute Gasteiger partial charge is 0.0110 e. The van der Waals surface area contributed by atoms with E-state index in [2.05, 4.69) is 16.7 Å². The van der Waals surface area contributed by atoms with E-state index >= 15 is 0 Å². The van der Waals surface area contributed by atoms with Crippen molar-refractivity contribution in [3.63, 3.8) is 0 Å². The Labute approximate surface area is 100.0 Å². The third kappa shape index (κ3) is 4.40. The molecule has 1 heterocycles. The molecule has 0 amide bonds.